The van der Waals surface area contributed by atoms with E-state index in [1.54, 1.807) is 71.9 Å². The molecule has 0 saturated carbocycles. The van der Waals surface area contributed by atoms with Crippen molar-refractivity contribution in [1.29, 1.82) is 0 Å². The summed E-state index contributed by atoms with van der Waals surface area (Å²) in [6.45, 7) is 0. The van der Waals surface area contributed by atoms with Gasteiger partial charge in [0.25, 0.3) is 0 Å². The Morgan fingerprint density at radius 3 is 1.38 bits per heavy atom. The molecule has 0 aromatic heterocycles. The molecule has 0 aliphatic rings. The zero-order valence-electron chi connectivity index (χ0n) is 18.8. The Morgan fingerprint density at radius 2 is 0.969 bits per heavy atom. The van der Waals surface area contributed by atoms with E-state index in [1.807, 2.05) is 30.3 Å². The maximum absolute atomic E-state index is 13.7. The Bertz CT molecular complexity index is 1070. The summed E-state index contributed by atoms with van der Waals surface area (Å²) in [4.78, 5) is 13.7. The molecule has 6 heteroatoms. The topological polar surface area (TPSA) is 63.2 Å². The smallest absolute Gasteiger partial charge is 0.193 e. The average Bonchev–Trinajstić information content (AvgIpc) is 2.86. The molecule has 0 N–H and O–H groups in total. The van der Waals surface area contributed by atoms with Crippen LogP contribution in [0, 0.1) is 0 Å². The molecular weight excluding hydrogens is 408 g/mol. The molecule has 0 unspecified atom stereocenters. The van der Waals surface area contributed by atoms with Crippen molar-refractivity contribution >= 4 is 17.4 Å². The summed E-state index contributed by atoms with van der Waals surface area (Å²) in [6.07, 6.45) is 1.82. The van der Waals surface area contributed by atoms with Gasteiger partial charge in [0.05, 0.1) is 35.5 Å². The van der Waals surface area contributed by atoms with Crippen molar-refractivity contribution < 1.29 is 28.5 Å². The molecule has 0 amide bonds. The number of Topliss-reactive ketones (excluding diaryl/α,β-unsaturated/α-hetero) is 1. The van der Waals surface area contributed by atoms with Crippen LogP contribution in [0.15, 0.2) is 60.7 Å². The Morgan fingerprint density at radius 1 is 0.562 bits per heavy atom. The van der Waals surface area contributed by atoms with Crippen LogP contribution in [0.4, 0.5) is 0 Å². The van der Waals surface area contributed by atoms with Gasteiger partial charge in [-0.1, -0.05) is 12.1 Å². The molecule has 0 aliphatic carbocycles. The first-order chi connectivity index (χ1) is 15.5. The number of allylic oxidation sites excluding steroid dienone is 1. The minimum absolute atomic E-state index is 0.201. The van der Waals surface area contributed by atoms with Gasteiger partial charge < -0.3 is 23.7 Å². The van der Waals surface area contributed by atoms with Crippen molar-refractivity contribution in [3.8, 4) is 28.7 Å². The molecule has 32 heavy (non-hydrogen) atoms. The molecular formula is C26H26O6. The van der Waals surface area contributed by atoms with E-state index in [9.17, 15) is 4.79 Å². The first-order valence-corrected chi connectivity index (χ1v) is 9.88. The van der Waals surface area contributed by atoms with Crippen LogP contribution in [0.5, 0.6) is 28.7 Å². The first-order valence-electron chi connectivity index (χ1n) is 9.88. The lowest BCUT2D eigenvalue weighted by Crippen LogP contribution is -2.05. The Hall–Kier alpha value is -3.93. The monoisotopic (exact) mass is 434 g/mol. The number of rotatable bonds is 9. The number of hydrogen-bond donors (Lipinski definition) is 0. The second kappa shape index (κ2) is 10.4. The zero-order valence-corrected chi connectivity index (χ0v) is 18.8. The molecule has 166 valence electrons. The third kappa shape index (κ3) is 5.21. The molecule has 0 heterocycles. The van der Waals surface area contributed by atoms with Gasteiger partial charge in [-0.25, -0.2) is 0 Å². The van der Waals surface area contributed by atoms with Crippen LogP contribution in [0.25, 0.3) is 11.6 Å². The molecule has 0 saturated heterocycles. The van der Waals surface area contributed by atoms with Gasteiger partial charge in [-0.3, -0.25) is 4.79 Å². The third-order valence-electron chi connectivity index (χ3n) is 4.95. The highest BCUT2D eigenvalue weighted by Gasteiger charge is 2.19. The van der Waals surface area contributed by atoms with Crippen LogP contribution < -0.4 is 23.7 Å². The Labute approximate surface area is 188 Å². The van der Waals surface area contributed by atoms with E-state index in [4.69, 9.17) is 23.7 Å². The average molecular weight is 434 g/mol. The molecule has 0 aliphatic heterocycles. The normalized spacial score (nSPS) is 11.0. The van der Waals surface area contributed by atoms with E-state index >= 15 is 0 Å². The largest absolute Gasteiger partial charge is 0.497 e. The summed E-state index contributed by atoms with van der Waals surface area (Å²) >= 11 is 0. The predicted molar refractivity (Wildman–Crippen MR) is 124 cm³/mol. The summed E-state index contributed by atoms with van der Waals surface area (Å²) in [7, 11) is 7.84. The maximum atomic E-state index is 13.7. The van der Waals surface area contributed by atoms with Gasteiger partial charge in [-0.15, -0.1) is 0 Å². The fraction of sp³-hybridized carbons (Fsp3) is 0.192. The molecule has 6 nitrogen and oxygen atoms in total. The summed E-state index contributed by atoms with van der Waals surface area (Å²) < 4.78 is 26.7. The fourth-order valence-electron chi connectivity index (χ4n) is 3.20. The summed E-state index contributed by atoms with van der Waals surface area (Å²) in [5.74, 6) is 2.75. The van der Waals surface area contributed by atoms with E-state index in [0.29, 0.717) is 39.7 Å². The zero-order chi connectivity index (χ0) is 23.1. The highest BCUT2D eigenvalue weighted by Crippen LogP contribution is 2.32. The lowest BCUT2D eigenvalue weighted by atomic mass is 9.94. The lowest BCUT2D eigenvalue weighted by Gasteiger charge is -2.13. The van der Waals surface area contributed by atoms with Gasteiger partial charge in [0, 0.05) is 23.3 Å². The summed E-state index contributed by atoms with van der Waals surface area (Å²) in [6, 6.07) is 17.9. The molecule has 0 fully saturated rings. The number of ketones is 1. The van der Waals surface area contributed by atoms with Crippen molar-refractivity contribution in [2.75, 3.05) is 35.5 Å². The summed E-state index contributed by atoms with van der Waals surface area (Å²) in [5, 5.41) is 0. The number of benzene rings is 3. The maximum Gasteiger partial charge on any atom is 0.193 e. The van der Waals surface area contributed by atoms with Crippen LogP contribution in [0.2, 0.25) is 0 Å². The number of ether oxygens (including phenoxy) is 5. The molecule has 3 rings (SSSR count). The molecule has 3 aromatic carbocycles. The molecule has 3 aromatic rings. The molecule has 0 spiro atoms. The second-order valence-corrected chi connectivity index (χ2v) is 6.86. The first kappa shape index (κ1) is 22.7. The molecule has 0 radical (unpaired) electrons. The van der Waals surface area contributed by atoms with Crippen molar-refractivity contribution in [2.45, 2.75) is 0 Å². The number of methoxy groups -OCH3 is 5. The van der Waals surface area contributed by atoms with Gasteiger partial charge in [0.15, 0.2) is 5.78 Å². The van der Waals surface area contributed by atoms with Crippen molar-refractivity contribution in [3.05, 3.63) is 77.4 Å². The highest BCUT2D eigenvalue weighted by molar-refractivity contribution is 6.32. The molecule has 0 atom stereocenters. The van der Waals surface area contributed by atoms with E-state index in [-0.39, 0.29) is 5.78 Å². The highest BCUT2D eigenvalue weighted by atomic mass is 16.5. The van der Waals surface area contributed by atoms with E-state index in [2.05, 4.69) is 0 Å². The second-order valence-electron chi connectivity index (χ2n) is 6.86. The summed E-state index contributed by atoms with van der Waals surface area (Å²) in [5.41, 5.74) is 2.39. The van der Waals surface area contributed by atoms with Gasteiger partial charge in [-0.05, 0) is 53.6 Å². The lowest BCUT2D eigenvalue weighted by molar-refractivity contribution is 0.105. The fourth-order valence-corrected chi connectivity index (χ4v) is 3.20. The van der Waals surface area contributed by atoms with Crippen LogP contribution in [0.3, 0.4) is 0 Å². The Balaban J connectivity index is 2.18. The predicted octanol–water partition coefficient (Wildman–Crippen LogP) is 5.15. The van der Waals surface area contributed by atoms with Crippen LogP contribution >= 0.6 is 0 Å². The standard InChI is InChI=1S/C26H26O6/c1-28-20-8-6-17(7-9-20)10-25(18-11-21(29-2)15-22(12-18)30-3)26(27)19-13-23(31-4)16-24(14-19)32-5/h6-16H,1-5H3. The van der Waals surface area contributed by atoms with Crippen LogP contribution in [0.1, 0.15) is 21.5 Å². The Kier molecular flexibility index (Phi) is 7.39. The van der Waals surface area contributed by atoms with Crippen molar-refractivity contribution in [1.82, 2.24) is 0 Å². The molecule has 0 bridgehead atoms. The third-order valence-corrected chi connectivity index (χ3v) is 4.95. The van der Waals surface area contributed by atoms with E-state index in [1.165, 1.54) is 0 Å². The van der Waals surface area contributed by atoms with Gasteiger partial charge in [-0.2, -0.15) is 0 Å². The minimum atomic E-state index is -0.201. The van der Waals surface area contributed by atoms with E-state index < -0.39 is 0 Å². The van der Waals surface area contributed by atoms with Gasteiger partial charge >= 0.3 is 0 Å². The van der Waals surface area contributed by atoms with Gasteiger partial charge in [0.2, 0.25) is 0 Å². The van der Waals surface area contributed by atoms with Gasteiger partial charge in [0.1, 0.15) is 28.7 Å². The van der Waals surface area contributed by atoms with Crippen molar-refractivity contribution in [2.24, 2.45) is 0 Å². The minimum Gasteiger partial charge on any atom is -0.497 e. The van der Waals surface area contributed by atoms with E-state index in [0.717, 1.165) is 11.3 Å². The number of carbonyl (C=O) groups excluding carboxylic acids is 1. The SMILES string of the molecule is COc1ccc(C=C(C(=O)c2cc(OC)cc(OC)c2)c2cc(OC)cc(OC)c2)cc1. The number of hydrogen-bond acceptors (Lipinski definition) is 6. The quantitative estimate of drug-likeness (QED) is 0.264. The van der Waals surface area contributed by atoms with Crippen LogP contribution in [-0.4, -0.2) is 41.3 Å². The van der Waals surface area contributed by atoms with Crippen molar-refractivity contribution in [3.63, 3.8) is 0 Å². The van der Waals surface area contributed by atoms with Crippen LogP contribution in [-0.2, 0) is 0 Å². The number of carbonyl (C=O) groups is 1.